The number of aliphatic hydroxyl groups excluding tert-OH is 1. The van der Waals surface area contributed by atoms with Gasteiger partial charge in [-0.25, -0.2) is 8.91 Å². The summed E-state index contributed by atoms with van der Waals surface area (Å²) in [7, 11) is 0. The molecule has 0 bridgehead atoms. The van der Waals surface area contributed by atoms with Gasteiger partial charge in [0.2, 0.25) is 5.91 Å². The van der Waals surface area contributed by atoms with Crippen LogP contribution in [0.3, 0.4) is 0 Å². The van der Waals surface area contributed by atoms with Crippen LogP contribution in [0.25, 0.3) is 16.8 Å². The first-order valence-corrected chi connectivity index (χ1v) is 9.62. The first kappa shape index (κ1) is 22.2. The molecule has 0 saturated heterocycles. The monoisotopic (exact) mass is 460 g/mol. The summed E-state index contributed by atoms with van der Waals surface area (Å²) in [6.45, 7) is -1.01. The number of amides is 1. The van der Waals surface area contributed by atoms with Crippen LogP contribution in [0.2, 0.25) is 0 Å². The summed E-state index contributed by atoms with van der Waals surface area (Å²) in [4.78, 5) is 25.4. The Hall–Kier alpha value is -3.99. The summed E-state index contributed by atoms with van der Waals surface area (Å²) in [6.07, 6.45) is -1.86. The molecule has 0 saturated carbocycles. The van der Waals surface area contributed by atoms with Gasteiger partial charge in [-0.15, -0.1) is 0 Å². The topological polar surface area (TPSA) is 88.6 Å². The van der Waals surface area contributed by atoms with Crippen LogP contribution in [0.5, 0.6) is 0 Å². The minimum Gasteiger partial charge on any atom is -0.392 e. The summed E-state index contributed by atoms with van der Waals surface area (Å²) in [5.74, 6) is -1.17. The molecule has 2 heterocycles. The van der Waals surface area contributed by atoms with Crippen LogP contribution in [0.4, 0.5) is 23.2 Å². The van der Waals surface area contributed by atoms with Gasteiger partial charge in [0.05, 0.1) is 17.9 Å². The van der Waals surface area contributed by atoms with Gasteiger partial charge < -0.3 is 15.0 Å². The van der Waals surface area contributed by atoms with Crippen molar-refractivity contribution in [2.45, 2.75) is 19.3 Å². The van der Waals surface area contributed by atoms with Crippen molar-refractivity contribution >= 4 is 17.1 Å². The summed E-state index contributed by atoms with van der Waals surface area (Å²) >= 11 is 0. The Bertz CT molecular complexity index is 1390. The lowest BCUT2D eigenvalue weighted by Crippen LogP contribution is -2.28. The molecular weight excluding hydrogens is 444 g/mol. The van der Waals surface area contributed by atoms with E-state index < -0.39 is 42.2 Å². The van der Waals surface area contributed by atoms with Gasteiger partial charge in [-0.1, -0.05) is 6.07 Å². The summed E-state index contributed by atoms with van der Waals surface area (Å²) in [5.41, 5.74) is -0.646. The highest BCUT2D eigenvalue weighted by molar-refractivity contribution is 5.90. The number of carbonyl (C=O) groups is 1. The second-order valence-corrected chi connectivity index (χ2v) is 7.14. The maximum Gasteiger partial charge on any atom is 0.416 e. The molecule has 0 atom stereocenters. The third kappa shape index (κ3) is 4.48. The average Bonchev–Trinajstić information content (AvgIpc) is 3.15. The van der Waals surface area contributed by atoms with E-state index in [1.54, 1.807) is 0 Å². The molecule has 170 valence electrons. The van der Waals surface area contributed by atoms with Crippen molar-refractivity contribution in [3.63, 3.8) is 0 Å². The molecule has 0 aliphatic heterocycles. The number of aliphatic hydroxyl groups is 1. The molecule has 0 unspecified atom stereocenters. The molecular formula is C22H16F4N4O3. The van der Waals surface area contributed by atoms with Crippen molar-refractivity contribution in [1.82, 2.24) is 14.2 Å². The number of halogens is 4. The molecule has 0 radical (unpaired) electrons. The lowest BCUT2D eigenvalue weighted by atomic mass is 10.1. The Morgan fingerprint density at radius 3 is 2.48 bits per heavy atom. The van der Waals surface area contributed by atoms with Crippen molar-refractivity contribution < 1.29 is 27.5 Å². The molecule has 7 nitrogen and oxygen atoms in total. The number of anilines is 1. The summed E-state index contributed by atoms with van der Waals surface area (Å²) in [6, 6.07) is 9.48. The van der Waals surface area contributed by atoms with E-state index in [2.05, 4.69) is 10.4 Å². The molecule has 2 aromatic carbocycles. The largest absolute Gasteiger partial charge is 0.416 e. The molecule has 1 amide bonds. The number of hydrogen-bond acceptors (Lipinski definition) is 4. The van der Waals surface area contributed by atoms with Gasteiger partial charge in [-0.2, -0.15) is 18.3 Å². The van der Waals surface area contributed by atoms with Gasteiger partial charge in [0.1, 0.15) is 17.9 Å². The molecule has 33 heavy (non-hydrogen) atoms. The lowest BCUT2D eigenvalue weighted by Gasteiger charge is -2.11. The fourth-order valence-electron chi connectivity index (χ4n) is 3.39. The molecule has 4 aromatic rings. The number of rotatable bonds is 5. The standard InChI is InChI=1S/C22H16F4N4O3/c23-15-6-4-13(5-7-15)19-17(12-31)20-21(33)29(8-9-30(20)28-19)11-18(32)27-16-3-1-2-14(10-16)22(24,25)26/h1-10,31H,11-12H2,(H,27,32). The maximum atomic E-state index is 13.2. The minimum atomic E-state index is -4.56. The third-order valence-corrected chi connectivity index (χ3v) is 4.92. The van der Waals surface area contributed by atoms with Crippen molar-refractivity contribution in [1.29, 1.82) is 0 Å². The van der Waals surface area contributed by atoms with Gasteiger partial charge in [0.25, 0.3) is 5.56 Å². The van der Waals surface area contributed by atoms with Crippen molar-refractivity contribution in [3.05, 3.63) is 88.2 Å². The second-order valence-electron chi connectivity index (χ2n) is 7.14. The Balaban J connectivity index is 1.64. The number of nitrogens with one attached hydrogen (secondary N) is 1. The van der Waals surface area contributed by atoms with E-state index in [0.717, 1.165) is 22.8 Å². The van der Waals surface area contributed by atoms with Crippen LogP contribution in [0, 0.1) is 5.82 Å². The number of fused-ring (bicyclic) bond motifs is 1. The zero-order chi connectivity index (χ0) is 23.8. The van der Waals surface area contributed by atoms with Gasteiger partial charge in [0.15, 0.2) is 0 Å². The average molecular weight is 460 g/mol. The molecule has 11 heteroatoms. The fourth-order valence-corrected chi connectivity index (χ4v) is 3.39. The van der Waals surface area contributed by atoms with E-state index in [0.29, 0.717) is 5.56 Å². The second kappa shape index (κ2) is 8.51. The van der Waals surface area contributed by atoms with Gasteiger partial charge in [-0.05, 0) is 42.5 Å². The lowest BCUT2D eigenvalue weighted by molar-refractivity contribution is -0.137. The maximum absolute atomic E-state index is 13.2. The fraction of sp³-hybridized carbons (Fsp3) is 0.136. The van der Waals surface area contributed by atoms with Crippen LogP contribution in [0.1, 0.15) is 11.1 Å². The zero-order valence-corrected chi connectivity index (χ0v) is 16.8. The molecule has 0 spiro atoms. The Labute approximate surface area is 183 Å². The number of benzene rings is 2. The molecule has 2 aromatic heterocycles. The third-order valence-electron chi connectivity index (χ3n) is 4.92. The number of alkyl halides is 3. The van der Waals surface area contributed by atoms with E-state index in [-0.39, 0.29) is 22.5 Å². The molecule has 0 aliphatic carbocycles. The highest BCUT2D eigenvalue weighted by Crippen LogP contribution is 2.30. The van der Waals surface area contributed by atoms with E-state index in [4.69, 9.17) is 0 Å². The van der Waals surface area contributed by atoms with Crippen molar-refractivity contribution in [3.8, 4) is 11.3 Å². The SMILES string of the molecule is O=C(Cn1ccn2nc(-c3ccc(F)cc3)c(CO)c2c1=O)Nc1cccc(C(F)(F)F)c1. The predicted octanol–water partition coefficient (Wildman–Crippen LogP) is 3.45. The molecule has 4 rings (SSSR count). The van der Waals surface area contributed by atoms with Crippen molar-refractivity contribution in [2.75, 3.05) is 5.32 Å². The van der Waals surface area contributed by atoms with Crippen LogP contribution in [0.15, 0.2) is 65.7 Å². The van der Waals surface area contributed by atoms with E-state index in [9.17, 15) is 32.3 Å². The highest BCUT2D eigenvalue weighted by atomic mass is 19.4. The molecule has 0 aliphatic rings. The quantitative estimate of drug-likeness (QED) is 0.447. The van der Waals surface area contributed by atoms with E-state index in [1.165, 1.54) is 47.2 Å². The Morgan fingerprint density at radius 1 is 1.09 bits per heavy atom. The summed E-state index contributed by atoms with van der Waals surface area (Å²) < 4.78 is 54.1. The van der Waals surface area contributed by atoms with Gasteiger partial charge >= 0.3 is 6.18 Å². The van der Waals surface area contributed by atoms with Crippen LogP contribution in [-0.4, -0.2) is 25.2 Å². The Kier molecular flexibility index (Phi) is 5.73. The summed E-state index contributed by atoms with van der Waals surface area (Å²) in [5, 5.41) is 16.5. The van der Waals surface area contributed by atoms with Crippen molar-refractivity contribution in [2.24, 2.45) is 0 Å². The number of nitrogens with zero attached hydrogens (tertiary/aromatic N) is 3. The highest BCUT2D eigenvalue weighted by Gasteiger charge is 2.30. The molecule has 0 fully saturated rings. The van der Waals surface area contributed by atoms with Crippen LogP contribution in [-0.2, 0) is 24.1 Å². The normalized spacial score (nSPS) is 11.7. The first-order valence-electron chi connectivity index (χ1n) is 9.62. The zero-order valence-electron chi connectivity index (χ0n) is 16.8. The van der Waals surface area contributed by atoms with Crippen LogP contribution >= 0.6 is 0 Å². The van der Waals surface area contributed by atoms with E-state index in [1.807, 2.05) is 0 Å². The predicted molar refractivity (Wildman–Crippen MR) is 111 cm³/mol. The van der Waals surface area contributed by atoms with Gasteiger partial charge in [-0.3, -0.25) is 9.59 Å². The molecule has 2 N–H and O–H groups in total. The number of hydrogen-bond donors (Lipinski definition) is 2. The van der Waals surface area contributed by atoms with Crippen LogP contribution < -0.4 is 10.9 Å². The first-order chi connectivity index (χ1) is 15.7. The Morgan fingerprint density at radius 2 is 1.82 bits per heavy atom. The number of carbonyl (C=O) groups excluding carboxylic acids is 1. The number of aromatic nitrogens is 3. The van der Waals surface area contributed by atoms with Gasteiger partial charge in [0, 0.05) is 29.2 Å². The minimum absolute atomic E-state index is 0.0196. The smallest absolute Gasteiger partial charge is 0.392 e. The van der Waals surface area contributed by atoms with E-state index >= 15 is 0 Å².